The van der Waals surface area contributed by atoms with Crippen molar-refractivity contribution in [3.63, 3.8) is 0 Å². The van der Waals surface area contributed by atoms with Gasteiger partial charge in [-0.05, 0) is 25.3 Å². The highest BCUT2D eigenvalue weighted by atomic mass is 16.2. The van der Waals surface area contributed by atoms with Crippen molar-refractivity contribution in [3.8, 4) is 0 Å². The van der Waals surface area contributed by atoms with Crippen LogP contribution in [0.5, 0.6) is 0 Å². The maximum atomic E-state index is 13.2. The second-order valence-corrected chi connectivity index (χ2v) is 6.71. The lowest BCUT2D eigenvalue weighted by Crippen LogP contribution is -2.37. The summed E-state index contributed by atoms with van der Waals surface area (Å²) < 4.78 is 1.84. The fourth-order valence-electron chi connectivity index (χ4n) is 3.95. The van der Waals surface area contributed by atoms with Gasteiger partial charge < -0.3 is 9.30 Å². The highest BCUT2D eigenvalue weighted by Gasteiger charge is 2.38. The smallest absolute Gasteiger partial charge is 0.276 e. The van der Waals surface area contributed by atoms with Gasteiger partial charge in [0.25, 0.3) is 5.91 Å². The van der Waals surface area contributed by atoms with Crippen molar-refractivity contribution in [2.24, 2.45) is 0 Å². The molecule has 0 saturated carbocycles. The van der Waals surface area contributed by atoms with E-state index in [1.807, 2.05) is 21.7 Å². The summed E-state index contributed by atoms with van der Waals surface area (Å²) in [5.74, 6) is 0.368. The van der Waals surface area contributed by atoms with Gasteiger partial charge in [0.15, 0.2) is 11.3 Å². The molecule has 4 rings (SSSR count). The minimum atomic E-state index is -0.0155. The van der Waals surface area contributed by atoms with Crippen molar-refractivity contribution in [2.45, 2.75) is 38.6 Å². The molecule has 5 heteroatoms. The first-order valence-corrected chi connectivity index (χ1v) is 8.84. The minimum Gasteiger partial charge on any atom is -0.334 e. The normalized spacial score (nSPS) is 20.3. The quantitative estimate of drug-likeness (QED) is 0.737. The molecule has 5 nitrogen and oxygen atoms in total. The van der Waals surface area contributed by atoms with E-state index >= 15 is 0 Å². The lowest BCUT2D eigenvalue weighted by Gasteiger charge is -2.27. The van der Waals surface area contributed by atoms with Gasteiger partial charge in [0.2, 0.25) is 0 Å². The molecule has 3 heterocycles. The zero-order valence-electron chi connectivity index (χ0n) is 14.6. The molecule has 0 bridgehead atoms. The Hall–Kier alpha value is -2.69. The number of fused-ring (bicyclic) bond motifs is 1. The molecular weight excluding hydrogens is 312 g/mol. The SMILES string of the molecule is CC[C@@H]1[C@H](c2ccc(C)cc2)CCN1C(=O)c1nccn2ccnc12. The molecule has 25 heavy (non-hydrogen) atoms. The molecule has 0 aliphatic carbocycles. The van der Waals surface area contributed by atoms with Gasteiger partial charge >= 0.3 is 0 Å². The molecule has 1 aliphatic rings. The number of aromatic nitrogens is 3. The first kappa shape index (κ1) is 15.8. The molecular formula is C20H22N4O. The summed E-state index contributed by atoms with van der Waals surface area (Å²) in [5.41, 5.74) is 3.65. The molecule has 1 aromatic carbocycles. The molecule has 1 saturated heterocycles. The van der Waals surface area contributed by atoms with Crippen LogP contribution in [0.4, 0.5) is 0 Å². The lowest BCUT2D eigenvalue weighted by molar-refractivity contribution is 0.0722. The number of aryl methyl sites for hydroxylation is 1. The summed E-state index contributed by atoms with van der Waals surface area (Å²) in [6, 6.07) is 8.90. The first-order valence-electron chi connectivity index (χ1n) is 8.84. The zero-order valence-corrected chi connectivity index (χ0v) is 14.6. The van der Waals surface area contributed by atoms with Crippen molar-refractivity contribution < 1.29 is 4.79 Å². The molecule has 1 amide bonds. The lowest BCUT2D eigenvalue weighted by atomic mass is 9.90. The summed E-state index contributed by atoms with van der Waals surface area (Å²) in [4.78, 5) is 23.8. The van der Waals surface area contributed by atoms with Gasteiger partial charge in [0.05, 0.1) is 0 Å². The highest BCUT2D eigenvalue weighted by Crippen LogP contribution is 2.36. The first-order chi connectivity index (χ1) is 12.2. The fourth-order valence-corrected chi connectivity index (χ4v) is 3.95. The topological polar surface area (TPSA) is 50.5 Å². The van der Waals surface area contributed by atoms with Crippen molar-refractivity contribution in [1.82, 2.24) is 19.3 Å². The Morgan fingerprint density at radius 1 is 1.16 bits per heavy atom. The third-order valence-corrected chi connectivity index (χ3v) is 5.24. The van der Waals surface area contributed by atoms with E-state index in [2.05, 4.69) is 48.1 Å². The van der Waals surface area contributed by atoms with Gasteiger partial charge in [-0.1, -0.05) is 36.8 Å². The summed E-state index contributed by atoms with van der Waals surface area (Å²) in [5, 5.41) is 0. The van der Waals surface area contributed by atoms with Gasteiger partial charge in [0, 0.05) is 43.3 Å². The Labute approximate surface area is 147 Å². The van der Waals surface area contributed by atoms with Gasteiger partial charge in [-0.2, -0.15) is 0 Å². The van der Waals surface area contributed by atoms with E-state index in [0.29, 0.717) is 17.3 Å². The Kier molecular flexibility index (Phi) is 3.99. The van der Waals surface area contributed by atoms with E-state index in [1.54, 1.807) is 12.4 Å². The van der Waals surface area contributed by atoms with E-state index in [-0.39, 0.29) is 11.9 Å². The van der Waals surface area contributed by atoms with Crippen LogP contribution < -0.4 is 0 Å². The maximum Gasteiger partial charge on any atom is 0.276 e. The van der Waals surface area contributed by atoms with Crippen molar-refractivity contribution in [2.75, 3.05) is 6.54 Å². The molecule has 0 unspecified atom stereocenters. The number of amides is 1. The van der Waals surface area contributed by atoms with Gasteiger partial charge in [-0.15, -0.1) is 0 Å². The molecule has 2 aromatic heterocycles. The number of carbonyl (C=O) groups excluding carboxylic acids is 1. The highest BCUT2D eigenvalue weighted by molar-refractivity contribution is 5.98. The summed E-state index contributed by atoms with van der Waals surface area (Å²) >= 11 is 0. The Bertz CT molecular complexity index is 899. The van der Waals surface area contributed by atoms with Gasteiger partial charge in [-0.25, -0.2) is 9.97 Å². The molecule has 0 N–H and O–H groups in total. The van der Waals surface area contributed by atoms with Crippen LogP contribution in [0.15, 0.2) is 49.1 Å². The third kappa shape index (κ3) is 2.69. The molecule has 128 valence electrons. The van der Waals surface area contributed by atoms with Crippen LogP contribution in [0.2, 0.25) is 0 Å². The van der Waals surface area contributed by atoms with Crippen molar-refractivity contribution >= 4 is 11.6 Å². The largest absolute Gasteiger partial charge is 0.334 e. The van der Waals surface area contributed by atoms with Crippen LogP contribution in [-0.2, 0) is 0 Å². The monoisotopic (exact) mass is 334 g/mol. The standard InChI is InChI=1S/C20H22N4O/c1-3-17-16(15-6-4-14(2)5-7-15)8-11-24(17)20(25)18-19-22-10-13-23(19)12-9-21-18/h4-7,9-10,12-13,16-17H,3,8,11H2,1-2H3/t16-,17+/m0/s1. The second kappa shape index (κ2) is 6.31. The average molecular weight is 334 g/mol. The van der Waals surface area contributed by atoms with Crippen LogP contribution >= 0.6 is 0 Å². The number of nitrogens with zero attached hydrogens (tertiary/aromatic N) is 4. The molecule has 0 radical (unpaired) electrons. The Morgan fingerprint density at radius 3 is 2.60 bits per heavy atom. The summed E-state index contributed by atoms with van der Waals surface area (Å²) in [7, 11) is 0. The number of likely N-dealkylation sites (tertiary alicyclic amines) is 1. The Morgan fingerprint density at radius 2 is 1.88 bits per heavy atom. The van der Waals surface area contributed by atoms with Gasteiger partial charge in [0.1, 0.15) is 0 Å². The van der Waals surface area contributed by atoms with Crippen LogP contribution in [0, 0.1) is 6.92 Å². The van der Waals surface area contributed by atoms with Crippen molar-refractivity contribution in [1.29, 1.82) is 0 Å². The number of carbonyl (C=O) groups is 1. The van der Waals surface area contributed by atoms with Crippen LogP contribution in [0.1, 0.15) is 47.3 Å². The minimum absolute atomic E-state index is 0.0155. The molecule has 1 aliphatic heterocycles. The van der Waals surface area contributed by atoms with E-state index in [1.165, 1.54) is 11.1 Å². The van der Waals surface area contributed by atoms with Crippen LogP contribution in [0.3, 0.4) is 0 Å². The number of hydrogen-bond acceptors (Lipinski definition) is 3. The predicted molar refractivity (Wildman–Crippen MR) is 96.6 cm³/mol. The van der Waals surface area contributed by atoms with Gasteiger partial charge in [-0.3, -0.25) is 4.79 Å². The zero-order chi connectivity index (χ0) is 17.4. The second-order valence-electron chi connectivity index (χ2n) is 6.71. The maximum absolute atomic E-state index is 13.2. The number of benzene rings is 1. The van der Waals surface area contributed by atoms with E-state index in [0.717, 1.165) is 19.4 Å². The van der Waals surface area contributed by atoms with Crippen LogP contribution in [0.25, 0.3) is 5.65 Å². The van der Waals surface area contributed by atoms with E-state index < -0.39 is 0 Å². The summed E-state index contributed by atoms with van der Waals surface area (Å²) in [6.45, 7) is 5.02. The molecule has 1 fully saturated rings. The predicted octanol–water partition coefficient (Wildman–Crippen LogP) is 3.45. The summed E-state index contributed by atoms with van der Waals surface area (Å²) in [6.07, 6.45) is 8.94. The fraction of sp³-hybridized carbons (Fsp3) is 0.350. The Balaban J connectivity index is 1.65. The van der Waals surface area contributed by atoms with Crippen molar-refractivity contribution in [3.05, 3.63) is 65.9 Å². The number of hydrogen-bond donors (Lipinski definition) is 0. The molecule has 2 atom stereocenters. The third-order valence-electron chi connectivity index (χ3n) is 5.24. The van der Waals surface area contributed by atoms with E-state index in [9.17, 15) is 4.79 Å². The van der Waals surface area contributed by atoms with Crippen LogP contribution in [-0.4, -0.2) is 37.8 Å². The average Bonchev–Trinajstić information content (AvgIpc) is 3.28. The number of imidazole rings is 1. The molecule has 3 aromatic rings. The van der Waals surface area contributed by atoms with E-state index in [4.69, 9.17) is 0 Å². The molecule has 0 spiro atoms. The number of rotatable bonds is 3.